The molecule has 0 radical (unpaired) electrons. The van der Waals surface area contributed by atoms with Crippen LogP contribution in [0.1, 0.15) is 23.7 Å². The first-order valence-electron chi connectivity index (χ1n) is 6.86. The van der Waals surface area contributed by atoms with Gasteiger partial charge in [0.1, 0.15) is 12.8 Å². The minimum Gasteiger partial charge on any atom is -0.490 e. The van der Waals surface area contributed by atoms with Crippen molar-refractivity contribution in [2.45, 2.75) is 13.3 Å². The van der Waals surface area contributed by atoms with Gasteiger partial charge in [-0.2, -0.15) is 0 Å². The zero-order valence-corrected chi connectivity index (χ0v) is 12.5. The van der Waals surface area contributed by atoms with Crippen molar-refractivity contribution in [3.05, 3.63) is 17.7 Å². The monoisotopic (exact) mass is 307 g/mol. The summed E-state index contributed by atoms with van der Waals surface area (Å²) < 4.78 is 15.6. The van der Waals surface area contributed by atoms with Crippen LogP contribution in [-0.4, -0.2) is 45.0 Å². The molecule has 0 spiro atoms. The Morgan fingerprint density at radius 1 is 1.45 bits per heavy atom. The van der Waals surface area contributed by atoms with Crippen LogP contribution in [-0.2, 0) is 14.3 Å². The van der Waals surface area contributed by atoms with Gasteiger partial charge in [-0.25, -0.2) is 0 Å². The molecule has 0 aliphatic carbocycles. The summed E-state index contributed by atoms with van der Waals surface area (Å²) in [5, 5.41) is 0. The molecule has 7 heteroatoms. The summed E-state index contributed by atoms with van der Waals surface area (Å²) in [6.07, 6.45) is 1.43. The minimum atomic E-state index is -0.561. The van der Waals surface area contributed by atoms with Crippen molar-refractivity contribution in [1.29, 1.82) is 0 Å². The number of fused-ring (bicyclic) bond motifs is 1. The van der Waals surface area contributed by atoms with Crippen LogP contribution in [0.2, 0.25) is 0 Å². The molecule has 0 saturated carbocycles. The molecule has 1 aromatic carbocycles. The number of hydrogen-bond acceptors (Lipinski definition) is 6. The molecular formula is C15H17NO6. The van der Waals surface area contributed by atoms with Crippen molar-refractivity contribution in [3.8, 4) is 11.5 Å². The number of carbonyl (C=O) groups is 3. The molecule has 1 aliphatic heterocycles. The summed E-state index contributed by atoms with van der Waals surface area (Å²) in [6.45, 7) is 1.95. The second kappa shape index (κ2) is 6.93. The van der Waals surface area contributed by atoms with E-state index in [-0.39, 0.29) is 19.1 Å². The number of ether oxygens (including phenoxy) is 3. The Hall–Kier alpha value is -2.57. The fourth-order valence-electron chi connectivity index (χ4n) is 2.05. The highest BCUT2D eigenvalue weighted by atomic mass is 16.5. The van der Waals surface area contributed by atoms with Gasteiger partial charge in [0.15, 0.2) is 18.1 Å². The molecule has 1 aromatic rings. The molecule has 22 heavy (non-hydrogen) atoms. The highest BCUT2D eigenvalue weighted by Crippen LogP contribution is 2.41. The quantitative estimate of drug-likeness (QED) is 0.580. The Morgan fingerprint density at radius 2 is 2.23 bits per heavy atom. The summed E-state index contributed by atoms with van der Waals surface area (Å²) >= 11 is 0. The average molecular weight is 307 g/mol. The molecule has 118 valence electrons. The minimum absolute atomic E-state index is 0.201. The van der Waals surface area contributed by atoms with Gasteiger partial charge in [-0.15, -0.1) is 0 Å². The Kier molecular flexibility index (Phi) is 4.98. The van der Waals surface area contributed by atoms with E-state index >= 15 is 0 Å². The largest absolute Gasteiger partial charge is 0.490 e. The lowest BCUT2D eigenvalue weighted by Crippen LogP contribution is -2.42. The number of esters is 1. The first kappa shape index (κ1) is 15.8. The number of amides is 1. The summed E-state index contributed by atoms with van der Waals surface area (Å²) in [6, 6.07) is 3.04. The Balaban J connectivity index is 2.45. The van der Waals surface area contributed by atoms with Gasteiger partial charge in [-0.3, -0.25) is 19.3 Å². The van der Waals surface area contributed by atoms with Crippen LogP contribution in [0.4, 0.5) is 5.69 Å². The van der Waals surface area contributed by atoms with Crippen molar-refractivity contribution in [2.75, 3.05) is 31.8 Å². The number of aldehydes is 1. The van der Waals surface area contributed by atoms with Crippen molar-refractivity contribution in [2.24, 2.45) is 0 Å². The molecule has 0 bridgehead atoms. The maximum atomic E-state index is 12.0. The van der Waals surface area contributed by atoms with Crippen molar-refractivity contribution >= 4 is 23.9 Å². The molecule has 0 aromatic heterocycles. The molecule has 1 amide bonds. The number of methoxy groups -OCH3 is 1. The first-order chi connectivity index (χ1) is 10.6. The van der Waals surface area contributed by atoms with Crippen LogP contribution in [0.5, 0.6) is 11.5 Å². The summed E-state index contributed by atoms with van der Waals surface area (Å²) in [5.41, 5.74) is 0.662. The van der Waals surface area contributed by atoms with E-state index in [0.29, 0.717) is 35.6 Å². The number of rotatable bonds is 6. The Morgan fingerprint density at radius 3 is 2.86 bits per heavy atom. The molecule has 2 rings (SSSR count). The van der Waals surface area contributed by atoms with Crippen LogP contribution in [0.25, 0.3) is 0 Å². The van der Waals surface area contributed by atoms with Crippen molar-refractivity contribution < 1.29 is 28.6 Å². The van der Waals surface area contributed by atoms with Gasteiger partial charge >= 0.3 is 5.97 Å². The molecule has 0 atom stereocenters. The lowest BCUT2D eigenvalue weighted by molar-refractivity contribution is -0.140. The predicted octanol–water partition coefficient (Wildman–Crippen LogP) is 1.19. The van der Waals surface area contributed by atoms with Gasteiger partial charge in [0.25, 0.3) is 5.91 Å². The average Bonchev–Trinajstić information content (AvgIpc) is 2.54. The zero-order chi connectivity index (χ0) is 16.1. The number of benzene rings is 1. The molecule has 0 unspecified atom stereocenters. The SMILES string of the molecule is CCCOc1cc(C=O)cc2c1OCC(=O)N2CC(=O)OC. The summed E-state index contributed by atoms with van der Waals surface area (Å²) in [5.74, 6) is -0.220. The molecule has 7 nitrogen and oxygen atoms in total. The smallest absolute Gasteiger partial charge is 0.325 e. The maximum absolute atomic E-state index is 12.0. The van der Waals surface area contributed by atoms with Crippen LogP contribution >= 0.6 is 0 Å². The Labute approximate surface area is 127 Å². The predicted molar refractivity (Wildman–Crippen MR) is 77.5 cm³/mol. The fourth-order valence-corrected chi connectivity index (χ4v) is 2.05. The van der Waals surface area contributed by atoms with E-state index in [1.54, 1.807) is 6.07 Å². The van der Waals surface area contributed by atoms with E-state index < -0.39 is 5.97 Å². The first-order valence-corrected chi connectivity index (χ1v) is 6.86. The van der Waals surface area contributed by atoms with E-state index in [1.165, 1.54) is 18.1 Å². The van der Waals surface area contributed by atoms with Crippen LogP contribution in [0.3, 0.4) is 0 Å². The molecule has 1 aliphatic rings. The van der Waals surface area contributed by atoms with E-state index in [1.807, 2.05) is 6.92 Å². The van der Waals surface area contributed by atoms with E-state index in [4.69, 9.17) is 9.47 Å². The third-order valence-corrected chi connectivity index (χ3v) is 3.10. The highest BCUT2D eigenvalue weighted by Gasteiger charge is 2.30. The third-order valence-electron chi connectivity index (χ3n) is 3.10. The summed E-state index contributed by atoms with van der Waals surface area (Å²) in [4.78, 5) is 35.8. The molecule has 0 fully saturated rings. The standard InChI is InChI=1S/C15H17NO6/c1-3-4-21-12-6-10(8-17)5-11-15(12)22-9-13(18)16(11)7-14(19)20-2/h5-6,8H,3-4,7,9H2,1-2H3. The maximum Gasteiger partial charge on any atom is 0.325 e. The second-order valence-corrected chi connectivity index (χ2v) is 4.68. The van der Waals surface area contributed by atoms with Gasteiger partial charge in [-0.1, -0.05) is 6.92 Å². The normalized spacial score (nSPS) is 13.2. The van der Waals surface area contributed by atoms with Gasteiger partial charge in [-0.05, 0) is 18.6 Å². The van der Waals surface area contributed by atoms with Crippen LogP contribution < -0.4 is 14.4 Å². The zero-order valence-electron chi connectivity index (χ0n) is 12.5. The number of hydrogen-bond donors (Lipinski definition) is 0. The molecule has 1 heterocycles. The lowest BCUT2D eigenvalue weighted by atomic mass is 10.1. The number of nitrogens with zero attached hydrogens (tertiary/aromatic N) is 1. The highest BCUT2D eigenvalue weighted by molar-refractivity contribution is 6.02. The fraction of sp³-hybridized carbons (Fsp3) is 0.400. The van der Waals surface area contributed by atoms with Gasteiger partial charge in [0.2, 0.25) is 0 Å². The number of anilines is 1. The summed E-state index contributed by atoms with van der Waals surface area (Å²) in [7, 11) is 1.24. The van der Waals surface area contributed by atoms with Crippen LogP contribution in [0.15, 0.2) is 12.1 Å². The van der Waals surface area contributed by atoms with Gasteiger partial charge in [0.05, 0.1) is 19.4 Å². The topological polar surface area (TPSA) is 82.1 Å². The van der Waals surface area contributed by atoms with Crippen molar-refractivity contribution in [1.82, 2.24) is 0 Å². The molecule has 0 saturated heterocycles. The molecular weight excluding hydrogens is 290 g/mol. The van der Waals surface area contributed by atoms with Gasteiger partial charge in [0, 0.05) is 5.56 Å². The van der Waals surface area contributed by atoms with Crippen LogP contribution in [0, 0.1) is 0 Å². The third kappa shape index (κ3) is 3.19. The Bertz CT molecular complexity index is 598. The lowest BCUT2D eigenvalue weighted by Gasteiger charge is -2.29. The van der Waals surface area contributed by atoms with Crippen molar-refractivity contribution in [3.63, 3.8) is 0 Å². The van der Waals surface area contributed by atoms with E-state index in [0.717, 1.165) is 6.42 Å². The second-order valence-electron chi connectivity index (χ2n) is 4.68. The molecule has 0 N–H and O–H groups in total. The van der Waals surface area contributed by atoms with E-state index in [2.05, 4.69) is 4.74 Å². The number of carbonyl (C=O) groups excluding carboxylic acids is 3. The van der Waals surface area contributed by atoms with E-state index in [9.17, 15) is 14.4 Å². The van der Waals surface area contributed by atoms with Gasteiger partial charge < -0.3 is 14.2 Å².